The van der Waals surface area contributed by atoms with E-state index in [0.717, 1.165) is 17.2 Å². The predicted molar refractivity (Wildman–Crippen MR) is 77.6 cm³/mol. The van der Waals surface area contributed by atoms with Crippen molar-refractivity contribution in [2.75, 3.05) is 0 Å². The zero-order valence-corrected chi connectivity index (χ0v) is 11.3. The number of hydrogen-bond acceptors (Lipinski definition) is 1. The van der Waals surface area contributed by atoms with Gasteiger partial charge in [0.15, 0.2) is 0 Å². The second-order valence-electron chi connectivity index (χ2n) is 4.90. The summed E-state index contributed by atoms with van der Waals surface area (Å²) in [5, 5.41) is 0. The summed E-state index contributed by atoms with van der Waals surface area (Å²) in [5.41, 5.74) is 8.60. The minimum Gasteiger partial charge on any atom is -0.324 e. The highest BCUT2D eigenvalue weighted by Gasteiger charge is 2.21. The van der Waals surface area contributed by atoms with Crippen molar-refractivity contribution in [2.24, 2.45) is 5.73 Å². The lowest BCUT2D eigenvalue weighted by atomic mass is 9.85. The van der Waals surface area contributed by atoms with Crippen molar-refractivity contribution in [3.8, 4) is 0 Å². The van der Waals surface area contributed by atoms with Crippen molar-refractivity contribution in [3.63, 3.8) is 0 Å². The predicted octanol–water partition coefficient (Wildman–Crippen LogP) is 3.92. The monoisotopic (exact) mass is 273 g/mol. The first-order chi connectivity index (χ1) is 9.51. The molecule has 3 heteroatoms. The fraction of sp³-hybridized carbons (Fsp3) is 0.176. The van der Waals surface area contributed by atoms with E-state index in [-0.39, 0.29) is 5.92 Å². The van der Waals surface area contributed by atoms with Crippen LogP contribution in [-0.2, 0) is 0 Å². The summed E-state index contributed by atoms with van der Waals surface area (Å²) >= 11 is 0. The summed E-state index contributed by atoms with van der Waals surface area (Å²) in [6.07, 6.45) is 1.59. The van der Waals surface area contributed by atoms with E-state index in [1.165, 1.54) is 12.1 Å². The Balaban J connectivity index is 2.52. The number of rotatable bonds is 4. The van der Waals surface area contributed by atoms with Crippen LogP contribution in [0.5, 0.6) is 0 Å². The summed E-state index contributed by atoms with van der Waals surface area (Å²) in [5.74, 6) is -1.53. The van der Waals surface area contributed by atoms with Crippen LogP contribution < -0.4 is 5.73 Å². The fourth-order valence-electron chi connectivity index (χ4n) is 2.30. The van der Waals surface area contributed by atoms with Gasteiger partial charge in [-0.15, -0.1) is 6.58 Å². The van der Waals surface area contributed by atoms with E-state index in [0.29, 0.717) is 5.56 Å². The first-order valence-electron chi connectivity index (χ1n) is 6.42. The van der Waals surface area contributed by atoms with Crippen LogP contribution in [-0.4, -0.2) is 6.04 Å². The van der Waals surface area contributed by atoms with Gasteiger partial charge in [0.2, 0.25) is 0 Å². The van der Waals surface area contributed by atoms with Crippen molar-refractivity contribution in [1.82, 2.24) is 0 Å². The van der Waals surface area contributed by atoms with Gasteiger partial charge >= 0.3 is 0 Å². The first-order valence-corrected chi connectivity index (χ1v) is 6.42. The molecule has 1 nitrogen and oxygen atoms in total. The molecule has 2 N–H and O–H groups in total. The Bertz CT molecular complexity index is 585. The molecular weight excluding hydrogens is 256 g/mol. The molecule has 0 amide bonds. The zero-order chi connectivity index (χ0) is 14.7. The van der Waals surface area contributed by atoms with Gasteiger partial charge in [-0.25, -0.2) is 8.78 Å². The third-order valence-electron chi connectivity index (χ3n) is 3.34. The Kier molecular flexibility index (Phi) is 4.30. The Morgan fingerprint density at radius 1 is 1.00 bits per heavy atom. The van der Waals surface area contributed by atoms with Crippen LogP contribution in [0.25, 0.3) is 0 Å². The summed E-state index contributed by atoms with van der Waals surface area (Å²) in [7, 11) is 0. The molecule has 104 valence electrons. The van der Waals surface area contributed by atoms with Gasteiger partial charge in [-0.2, -0.15) is 0 Å². The van der Waals surface area contributed by atoms with Crippen LogP contribution in [0, 0.1) is 18.6 Å². The van der Waals surface area contributed by atoms with Crippen molar-refractivity contribution in [1.29, 1.82) is 0 Å². The van der Waals surface area contributed by atoms with Crippen LogP contribution in [0.2, 0.25) is 0 Å². The van der Waals surface area contributed by atoms with E-state index in [1.54, 1.807) is 6.08 Å². The SMILES string of the molecule is C=CC(N)C(c1ccc(C)cc1)c1cc(F)cc(F)c1. The highest BCUT2D eigenvalue weighted by molar-refractivity contribution is 5.37. The Morgan fingerprint density at radius 2 is 1.55 bits per heavy atom. The molecule has 0 bridgehead atoms. The van der Waals surface area contributed by atoms with Crippen molar-refractivity contribution in [3.05, 3.63) is 83.4 Å². The van der Waals surface area contributed by atoms with Gasteiger partial charge < -0.3 is 5.73 Å². The molecule has 0 spiro atoms. The third-order valence-corrected chi connectivity index (χ3v) is 3.34. The number of aryl methyl sites for hydroxylation is 1. The molecule has 0 aliphatic rings. The van der Waals surface area contributed by atoms with Gasteiger partial charge in [-0.1, -0.05) is 35.9 Å². The third kappa shape index (κ3) is 3.11. The summed E-state index contributed by atoms with van der Waals surface area (Å²) in [6.45, 7) is 5.66. The molecule has 2 rings (SSSR count). The summed E-state index contributed by atoms with van der Waals surface area (Å²) < 4.78 is 26.9. The molecule has 0 saturated carbocycles. The van der Waals surface area contributed by atoms with Crippen molar-refractivity contribution < 1.29 is 8.78 Å². The molecule has 0 aliphatic heterocycles. The highest BCUT2D eigenvalue weighted by Crippen LogP contribution is 2.29. The van der Waals surface area contributed by atoms with Crippen molar-refractivity contribution in [2.45, 2.75) is 18.9 Å². The lowest BCUT2D eigenvalue weighted by Gasteiger charge is -2.23. The molecule has 0 heterocycles. The highest BCUT2D eigenvalue weighted by atomic mass is 19.1. The molecule has 2 aromatic rings. The topological polar surface area (TPSA) is 26.0 Å². The van der Waals surface area contributed by atoms with E-state index in [1.807, 2.05) is 31.2 Å². The Labute approximate surface area is 117 Å². The summed E-state index contributed by atoms with van der Waals surface area (Å²) in [6, 6.07) is 10.8. The Hall–Kier alpha value is -2.00. The van der Waals surface area contributed by atoms with E-state index in [2.05, 4.69) is 6.58 Å². The molecule has 0 aliphatic carbocycles. The van der Waals surface area contributed by atoms with Gasteiger partial charge in [-0.05, 0) is 30.2 Å². The largest absolute Gasteiger partial charge is 0.324 e. The average Bonchev–Trinajstić information content (AvgIpc) is 2.40. The normalized spacial score (nSPS) is 13.8. The van der Waals surface area contributed by atoms with Gasteiger partial charge in [0.25, 0.3) is 0 Å². The number of hydrogen-bond donors (Lipinski definition) is 1. The molecule has 2 unspecified atom stereocenters. The molecule has 0 fully saturated rings. The maximum Gasteiger partial charge on any atom is 0.126 e. The van der Waals surface area contributed by atoms with Crippen LogP contribution in [0.3, 0.4) is 0 Å². The standard InChI is InChI=1S/C17H17F2N/c1-3-16(20)17(12-6-4-11(2)5-7-12)13-8-14(18)10-15(19)9-13/h3-10,16-17H,1,20H2,2H3. The fourth-order valence-corrected chi connectivity index (χ4v) is 2.30. The lowest BCUT2D eigenvalue weighted by Crippen LogP contribution is -2.27. The lowest BCUT2D eigenvalue weighted by molar-refractivity contribution is 0.573. The quantitative estimate of drug-likeness (QED) is 0.839. The molecule has 0 aromatic heterocycles. The second-order valence-corrected chi connectivity index (χ2v) is 4.90. The number of nitrogens with two attached hydrogens (primary N) is 1. The minimum absolute atomic E-state index is 0.321. The van der Waals surface area contributed by atoms with Crippen LogP contribution in [0.4, 0.5) is 8.78 Å². The molecule has 20 heavy (non-hydrogen) atoms. The molecule has 2 atom stereocenters. The van der Waals surface area contributed by atoms with E-state index in [9.17, 15) is 8.78 Å². The molecule has 0 radical (unpaired) electrons. The first kappa shape index (κ1) is 14.4. The number of benzene rings is 2. The van der Waals surface area contributed by atoms with Gasteiger partial charge in [0.05, 0.1) is 0 Å². The second kappa shape index (κ2) is 5.97. The average molecular weight is 273 g/mol. The number of halogens is 2. The van der Waals surface area contributed by atoms with E-state index < -0.39 is 17.7 Å². The van der Waals surface area contributed by atoms with Crippen LogP contribution in [0.15, 0.2) is 55.1 Å². The van der Waals surface area contributed by atoms with Crippen molar-refractivity contribution >= 4 is 0 Å². The molecule has 0 saturated heterocycles. The zero-order valence-electron chi connectivity index (χ0n) is 11.3. The van der Waals surface area contributed by atoms with Gasteiger partial charge in [0, 0.05) is 18.0 Å². The Morgan fingerprint density at radius 3 is 2.05 bits per heavy atom. The summed E-state index contributed by atoms with van der Waals surface area (Å²) in [4.78, 5) is 0. The molecule has 2 aromatic carbocycles. The van der Waals surface area contributed by atoms with Gasteiger partial charge in [0.1, 0.15) is 11.6 Å². The minimum atomic E-state index is -0.603. The maximum atomic E-state index is 13.4. The van der Waals surface area contributed by atoms with Crippen LogP contribution >= 0.6 is 0 Å². The van der Waals surface area contributed by atoms with Gasteiger partial charge in [-0.3, -0.25) is 0 Å². The smallest absolute Gasteiger partial charge is 0.126 e. The van der Waals surface area contributed by atoms with E-state index >= 15 is 0 Å². The molecular formula is C17H17F2N. The van der Waals surface area contributed by atoms with Crippen LogP contribution in [0.1, 0.15) is 22.6 Å². The maximum absolute atomic E-state index is 13.4. The van der Waals surface area contributed by atoms with E-state index in [4.69, 9.17) is 5.73 Å².